The molecule has 4 rings (SSSR count). The van der Waals surface area contributed by atoms with E-state index in [-0.39, 0.29) is 18.9 Å². The molecule has 0 atom stereocenters. The van der Waals surface area contributed by atoms with Gasteiger partial charge in [-0.3, -0.25) is 0 Å². The van der Waals surface area contributed by atoms with Crippen LogP contribution in [0.15, 0.2) is 48.5 Å². The molecule has 1 heterocycles. The summed E-state index contributed by atoms with van der Waals surface area (Å²) >= 11 is 18.3. The van der Waals surface area contributed by atoms with Gasteiger partial charge in [-0.25, -0.2) is 8.78 Å². The first kappa shape index (κ1) is 28.6. The Morgan fingerprint density at radius 3 is 2.34 bits per heavy atom. The molecule has 0 aliphatic heterocycles. The molecule has 11 heteroatoms. The molecule has 0 unspecified atom stereocenters. The molecule has 1 aliphatic rings. The third kappa shape index (κ3) is 6.98. The fraction of sp³-hybridized carbons (Fsp3) is 0.370. The topological polar surface area (TPSA) is 26.2 Å². The smallest absolute Gasteiger partial charge is 0.392 e. The first-order chi connectivity index (χ1) is 17.8. The lowest BCUT2D eigenvalue weighted by molar-refractivity contribution is -0.139. The van der Waals surface area contributed by atoms with Gasteiger partial charge in [0, 0.05) is 46.4 Å². The minimum absolute atomic E-state index is 0.152. The Labute approximate surface area is 232 Å². The predicted molar refractivity (Wildman–Crippen MR) is 144 cm³/mol. The first-order valence-electron chi connectivity index (χ1n) is 12.0. The third-order valence-electron chi connectivity index (χ3n) is 6.50. The van der Waals surface area contributed by atoms with Crippen LogP contribution in [-0.4, -0.2) is 34.3 Å². The van der Waals surface area contributed by atoms with Crippen molar-refractivity contribution >= 4 is 40.4 Å². The number of nitrogens with one attached hydrogen (secondary N) is 1. The minimum atomic E-state index is -4.30. The van der Waals surface area contributed by atoms with Gasteiger partial charge >= 0.3 is 6.18 Å². The van der Waals surface area contributed by atoms with Gasteiger partial charge in [-0.05, 0) is 68.3 Å². The molecule has 1 N–H and O–H groups in total. The van der Waals surface area contributed by atoms with E-state index < -0.39 is 25.1 Å². The van der Waals surface area contributed by atoms with Gasteiger partial charge in [0.25, 0.3) is 0 Å². The highest BCUT2D eigenvalue weighted by atomic mass is 35.5. The largest absolute Gasteiger partial charge is 0.493 e. The van der Waals surface area contributed by atoms with E-state index in [1.807, 2.05) is 17.6 Å². The van der Waals surface area contributed by atoms with Gasteiger partial charge in [-0.15, -0.1) is 0 Å². The van der Waals surface area contributed by atoms with Gasteiger partial charge in [0.1, 0.15) is 10.7 Å². The quantitative estimate of drug-likeness (QED) is 0.220. The molecule has 0 radical (unpaired) electrons. The number of thiocarbonyl (C=S) groups is 1. The van der Waals surface area contributed by atoms with E-state index in [1.165, 1.54) is 0 Å². The summed E-state index contributed by atoms with van der Waals surface area (Å²) in [6.45, 7) is 1.40. The third-order valence-corrected chi connectivity index (χ3v) is 7.39. The molecule has 0 spiro atoms. The summed E-state index contributed by atoms with van der Waals surface area (Å²) in [7, 11) is 0. The van der Waals surface area contributed by atoms with Crippen LogP contribution in [0.5, 0.6) is 5.75 Å². The van der Waals surface area contributed by atoms with E-state index in [1.54, 1.807) is 42.5 Å². The zero-order valence-corrected chi connectivity index (χ0v) is 22.7. The van der Waals surface area contributed by atoms with E-state index in [9.17, 15) is 22.0 Å². The zero-order chi connectivity index (χ0) is 27.7. The highest BCUT2D eigenvalue weighted by Gasteiger charge is 2.35. The van der Waals surface area contributed by atoms with E-state index >= 15 is 0 Å². The summed E-state index contributed by atoms with van der Waals surface area (Å²) in [5.74, 6) is -2.33. The van der Waals surface area contributed by atoms with E-state index in [0.29, 0.717) is 56.1 Å². The van der Waals surface area contributed by atoms with Crippen molar-refractivity contribution in [1.82, 2.24) is 9.88 Å². The summed E-state index contributed by atoms with van der Waals surface area (Å²) in [4.78, 5) is 0.440. The van der Waals surface area contributed by atoms with Crippen molar-refractivity contribution in [1.29, 1.82) is 0 Å². The van der Waals surface area contributed by atoms with Crippen molar-refractivity contribution in [2.45, 2.75) is 57.2 Å². The normalized spacial score (nSPS) is 15.9. The van der Waals surface area contributed by atoms with Crippen LogP contribution in [0.4, 0.5) is 22.0 Å². The highest BCUT2D eigenvalue weighted by Crippen LogP contribution is 2.37. The lowest BCUT2D eigenvalue weighted by Crippen LogP contribution is -2.40. The number of benzene rings is 2. The SMILES string of the molecule is Cc1c(C(=S)NC2CCC(F)(F)CC2)cc(-c2ccc(Cl)cc2Cl)n1-c1ccc(OCCC(F)(F)F)cc1. The molecule has 0 saturated heterocycles. The average molecular weight is 591 g/mol. The number of aromatic nitrogens is 1. The van der Waals surface area contributed by atoms with Crippen LogP contribution >= 0.6 is 35.4 Å². The number of rotatable bonds is 7. The van der Waals surface area contributed by atoms with E-state index in [0.717, 1.165) is 5.69 Å². The van der Waals surface area contributed by atoms with Gasteiger partial charge in [-0.2, -0.15) is 13.2 Å². The molecular weight excluding hydrogens is 566 g/mol. The Bertz CT molecular complexity index is 1300. The van der Waals surface area contributed by atoms with Crippen molar-refractivity contribution in [3.63, 3.8) is 0 Å². The molecule has 3 aromatic rings. The molecule has 0 amide bonds. The molecule has 1 aromatic heterocycles. The summed E-state index contributed by atoms with van der Waals surface area (Å²) in [5, 5.41) is 4.14. The minimum Gasteiger partial charge on any atom is -0.493 e. The van der Waals surface area contributed by atoms with Crippen molar-refractivity contribution < 1.29 is 26.7 Å². The summed E-state index contributed by atoms with van der Waals surface area (Å²) in [6.07, 6.45) is -5.07. The summed E-state index contributed by atoms with van der Waals surface area (Å²) in [5.41, 5.74) is 3.59. The predicted octanol–water partition coefficient (Wildman–Crippen LogP) is 8.93. The second-order valence-corrected chi connectivity index (χ2v) is 10.6. The van der Waals surface area contributed by atoms with Crippen molar-refractivity contribution in [2.24, 2.45) is 0 Å². The number of alkyl halides is 5. The Balaban J connectivity index is 1.65. The standard InChI is InChI=1S/C27H25Cl2F5N2OS/c1-16-22(25(38)35-18-8-10-26(30,31)11-9-18)15-24(21-7-2-17(28)14-23(21)29)36(16)19-3-5-20(6-4-19)37-13-12-27(32,33)34/h2-7,14-15,18H,8-13H2,1H3,(H,35,38). The molecule has 38 heavy (non-hydrogen) atoms. The Morgan fingerprint density at radius 2 is 1.74 bits per heavy atom. The molecule has 204 valence electrons. The van der Waals surface area contributed by atoms with Crippen LogP contribution in [0, 0.1) is 6.92 Å². The van der Waals surface area contributed by atoms with Crippen LogP contribution in [0.2, 0.25) is 10.0 Å². The Kier molecular flexibility index (Phi) is 8.59. The number of hydrogen-bond donors (Lipinski definition) is 1. The van der Waals surface area contributed by atoms with Crippen LogP contribution in [0.1, 0.15) is 43.4 Å². The van der Waals surface area contributed by atoms with Gasteiger partial charge < -0.3 is 14.6 Å². The van der Waals surface area contributed by atoms with E-state index in [4.69, 9.17) is 40.2 Å². The maximum Gasteiger partial charge on any atom is 0.392 e. The summed E-state index contributed by atoms with van der Waals surface area (Å²) < 4.78 is 71.7. The van der Waals surface area contributed by atoms with Gasteiger partial charge in [-0.1, -0.05) is 35.4 Å². The maximum atomic E-state index is 13.6. The van der Waals surface area contributed by atoms with Crippen LogP contribution in [0.3, 0.4) is 0 Å². The fourth-order valence-electron chi connectivity index (χ4n) is 4.49. The second-order valence-electron chi connectivity index (χ2n) is 9.30. The number of nitrogens with zero attached hydrogens (tertiary/aromatic N) is 1. The fourth-order valence-corrected chi connectivity index (χ4v) is 5.37. The van der Waals surface area contributed by atoms with E-state index in [2.05, 4.69) is 5.32 Å². The molecule has 2 aromatic carbocycles. The van der Waals surface area contributed by atoms with Crippen molar-refractivity contribution in [2.75, 3.05) is 6.61 Å². The van der Waals surface area contributed by atoms with Crippen molar-refractivity contribution in [3.8, 4) is 22.7 Å². The molecule has 0 bridgehead atoms. The number of ether oxygens (including phenoxy) is 1. The van der Waals surface area contributed by atoms with Crippen LogP contribution < -0.4 is 10.1 Å². The van der Waals surface area contributed by atoms with Gasteiger partial charge in [0.05, 0.1) is 23.7 Å². The molecule has 3 nitrogen and oxygen atoms in total. The monoisotopic (exact) mass is 590 g/mol. The Morgan fingerprint density at radius 1 is 1.08 bits per heavy atom. The average Bonchev–Trinajstić information content (AvgIpc) is 3.17. The molecule has 1 fully saturated rings. The number of halogens is 7. The second kappa shape index (κ2) is 11.4. The highest BCUT2D eigenvalue weighted by molar-refractivity contribution is 7.80. The maximum absolute atomic E-state index is 13.6. The zero-order valence-electron chi connectivity index (χ0n) is 20.3. The van der Waals surface area contributed by atoms with Crippen LogP contribution in [-0.2, 0) is 0 Å². The molecular formula is C27H25Cl2F5N2OS. The summed E-state index contributed by atoms with van der Waals surface area (Å²) in [6, 6.07) is 13.5. The molecule has 1 saturated carbocycles. The van der Waals surface area contributed by atoms with Crippen molar-refractivity contribution in [3.05, 3.63) is 69.8 Å². The first-order valence-corrected chi connectivity index (χ1v) is 13.2. The Hall–Kier alpha value is -2.36. The van der Waals surface area contributed by atoms with Gasteiger partial charge in [0.2, 0.25) is 5.92 Å². The van der Waals surface area contributed by atoms with Gasteiger partial charge in [0.15, 0.2) is 0 Å². The lowest BCUT2D eigenvalue weighted by Gasteiger charge is -2.29. The number of hydrogen-bond acceptors (Lipinski definition) is 2. The molecule has 1 aliphatic carbocycles. The van der Waals surface area contributed by atoms with Crippen LogP contribution in [0.25, 0.3) is 16.9 Å². The lowest BCUT2D eigenvalue weighted by atomic mass is 9.92.